The molecule has 1 saturated heterocycles. The van der Waals surface area contributed by atoms with Crippen LogP contribution in [0, 0.1) is 0 Å². The molecule has 0 aromatic heterocycles. The van der Waals surface area contributed by atoms with Crippen molar-refractivity contribution in [3.63, 3.8) is 0 Å². The Morgan fingerprint density at radius 2 is 2.15 bits per heavy atom. The number of amides is 2. The van der Waals surface area contributed by atoms with Crippen LogP contribution in [0.3, 0.4) is 0 Å². The zero-order valence-electron chi connectivity index (χ0n) is 10.4. The molecule has 2 rings (SSSR count). The number of hydrogen-bond acceptors (Lipinski definition) is 2. The van der Waals surface area contributed by atoms with Crippen LogP contribution in [0.4, 0.5) is 23.7 Å². The first-order chi connectivity index (χ1) is 9.38. The molecule has 0 aliphatic carbocycles. The van der Waals surface area contributed by atoms with Gasteiger partial charge in [0.25, 0.3) is 0 Å². The first-order valence-corrected chi connectivity index (χ1v) is 6.39. The van der Waals surface area contributed by atoms with Crippen molar-refractivity contribution in [2.75, 3.05) is 31.5 Å². The lowest BCUT2D eigenvalue weighted by atomic mass is 10.2. The van der Waals surface area contributed by atoms with Gasteiger partial charge in [-0.25, -0.2) is 4.79 Å². The second-order valence-electron chi connectivity index (χ2n) is 4.34. The van der Waals surface area contributed by atoms with Crippen LogP contribution in [-0.4, -0.2) is 37.1 Å². The predicted octanol–water partition coefficient (Wildman–Crippen LogP) is 2.80. The third kappa shape index (κ3) is 3.47. The molecule has 1 aromatic carbocycles. The molecule has 0 unspecified atom stereocenters. The van der Waals surface area contributed by atoms with Gasteiger partial charge in [0, 0.05) is 31.9 Å². The van der Waals surface area contributed by atoms with E-state index in [0.717, 1.165) is 6.07 Å². The Morgan fingerprint density at radius 1 is 1.40 bits per heavy atom. The van der Waals surface area contributed by atoms with Gasteiger partial charge in [-0.1, -0.05) is 11.6 Å². The van der Waals surface area contributed by atoms with Crippen LogP contribution in [0.15, 0.2) is 18.2 Å². The topological polar surface area (TPSA) is 44.4 Å². The minimum Gasteiger partial charge on any atom is -0.383 e. The summed E-state index contributed by atoms with van der Waals surface area (Å²) in [5, 5.41) is 5.17. The van der Waals surface area contributed by atoms with Gasteiger partial charge in [0.2, 0.25) is 0 Å². The van der Waals surface area contributed by atoms with E-state index in [4.69, 9.17) is 11.6 Å². The number of nitrogens with zero attached hydrogens (tertiary/aromatic N) is 1. The van der Waals surface area contributed by atoms with Crippen LogP contribution < -0.4 is 10.6 Å². The predicted molar refractivity (Wildman–Crippen MR) is 69.9 cm³/mol. The quantitative estimate of drug-likeness (QED) is 0.898. The van der Waals surface area contributed by atoms with Gasteiger partial charge in [0.1, 0.15) is 0 Å². The largest absolute Gasteiger partial charge is 0.417 e. The summed E-state index contributed by atoms with van der Waals surface area (Å²) in [7, 11) is 0. The van der Waals surface area contributed by atoms with Crippen molar-refractivity contribution in [2.45, 2.75) is 6.18 Å². The Balaban J connectivity index is 1.95. The number of benzene rings is 1. The third-order valence-corrected chi connectivity index (χ3v) is 3.26. The molecule has 1 aliphatic heterocycles. The summed E-state index contributed by atoms with van der Waals surface area (Å²) in [6.07, 6.45) is -4.48. The first-order valence-electron chi connectivity index (χ1n) is 6.01. The molecule has 0 spiro atoms. The molecular weight excluding hydrogens is 295 g/mol. The lowest BCUT2D eigenvalue weighted by Crippen LogP contribution is -2.32. The van der Waals surface area contributed by atoms with Gasteiger partial charge in [0.15, 0.2) is 0 Å². The number of nitrogens with one attached hydrogen (secondary N) is 2. The van der Waals surface area contributed by atoms with Gasteiger partial charge < -0.3 is 15.5 Å². The summed E-state index contributed by atoms with van der Waals surface area (Å²) in [6, 6.07) is 3.49. The van der Waals surface area contributed by atoms with Crippen molar-refractivity contribution in [1.29, 1.82) is 0 Å². The van der Waals surface area contributed by atoms with Crippen molar-refractivity contribution in [3.8, 4) is 0 Å². The Bertz CT molecular complexity index is 507. The van der Waals surface area contributed by atoms with Crippen molar-refractivity contribution in [3.05, 3.63) is 28.8 Å². The molecule has 4 nitrogen and oxygen atoms in total. The molecule has 1 aromatic rings. The Morgan fingerprint density at radius 3 is 2.75 bits per heavy atom. The van der Waals surface area contributed by atoms with E-state index in [1.807, 2.05) is 0 Å². The van der Waals surface area contributed by atoms with Gasteiger partial charge in [0.05, 0.1) is 10.6 Å². The van der Waals surface area contributed by atoms with Gasteiger partial charge in [-0.05, 0) is 18.2 Å². The van der Waals surface area contributed by atoms with Crippen LogP contribution in [0.5, 0.6) is 0 Å². The van der Waals surface area contributed by atoms with E-state index in [1.54, 1.807) is 4.90 Å². The van der Waals surface area contributed by atoms with Crippen LogP contribution in [-0.2, 0) is 6.18 Å². The summed E-state index contributed by atoms with van der Waals surface area (Å²) in [5.41, 5.74) is -0.551. The second kappa shape index (κ2) is 5.78. The van der Waals surface area contributed by atoms with Crippen molar-refractivity contribution < 1.29 is 18.0 Å². The normalized spacial score (nSPS) is 15.4. The number of hydrogen-bond donors (Lipinski definition) is 2. The zero-order chi connectivity index (χ0) is 14.8. The average Bonchev–Trinajstić information content (AvgIpc) is 2.76. The maximum atomic E-state index is 12.7. The first kappa shape index (κ1) is 14.8. The Hall–Kier alpha value is -1.63. The molecular formula is C12H13ClF3N3O. The fourth-order valence-electron chi connectivity index (χ4n) is 1.91. The molecule has 0 atom stereocenters. The summed E-state index contributed by atoms with van der Waals surface area (Å²) < 4.78 is 38.0. The van der Waals surface area contributed by atoms with E-state index in [0.29, 0.717) is 31.9 Å². The number of urea groups is 1. The van der Waals surface area contributed by atoms with Crippen LogP contribution >= 0.6 is 11.6 Å². The fourth-order valence-corrected chi connectivity index (χ4v) is 2.14. The van der Waals surface area contributed by atoms with Crippen molar-refractivity contribution >= 4 is 23.3 Å². The minimum absolute atomic E-state index is 0.154. The van der Waals surface area contributed by atoms with E-state index in [2.05, 4.69) is 10.6 Å². The molecule has 1 heterocycles. The number of alkyl halides is 3. The minimum atomic E-state index is -4.48. The van der Waals surface area contributed by atoms with E-state index < -0.39 is 11.7 Å². The van der Waals surface area contributed by atoms with Gasteiger partial charge in [-0.15, -0.1) is 0 Å². The molecule has 1 fully saturated rings. The molecule has 2 amide bonds. The van der Waals surface area contributed by atoms with Gasteiger partial charge in [-0.3, -0.25) is 0 Å². The number of halogens is 4. The molecule has 20 heavy (non-hydrogen) atoms. The van der Waals surface area contributed by atoms with E-state index in [-0.39, 0.29) is 11.1 Å². The highest BCUT2D eigenvalue weighted by atomic mass is 35.5. The van der Waals surface area contributed by atoms with Gasteiger partial charge in [-0.2, -0.15) is 13.2 Å². The number of rotatable bonds is 4. The number of anilines is 1. The van der Waals surface area contributed by atoms with Crippen LogP contribution in [0.1, 0.15) is 5.56 Å². The average molecular weight is 308 g/mol. The lowest BCUT2D eigenvalue weighted by Gasteiger charge is -2.16. The van der Waals surface area contributed by atoms with E-state index >= 15 is 0 Å². The zero-order valence-corrected chi connectivity index (χ0v) is 11.2. The summed E-state index contributed by atoms with van der Waals surface area (Å²) in [5.74, 6) is 0. The summed E-state index contributed by atoms with van der Waals surface area (Å²) in [6.45, 7) is 2.00. The number of carbonyl (C=O) groups is 1. The summed E-state index contributed by atoms with van der Waals surface area (Å²) >= 11 is 5.53. The van der Waals surface area contributed by atoms with E-state index in [9.17, 15) is 18.0 Å². The van der Waals surface area contributed by atoms with Crippen molar-refractivity contribution in [2.24, 2.45) is 0 Å². The highest BCUT2D eigenvalue weighted by molar-refractivity contribution is 6.31. The van der Waals surface area contributed by atoms with E-state index in [1.165, 1.54) is 12.1 Å². The third-order valence-electron chi connectivity index (χ3n) is 2.93. The van der Waals surface area contributed by atoms with Crippen LogP contribution in [0.2, 0.25) is 5.02 Å². The standard InChI is InChI=1S/C12H13ClF3N3O/c13-10-2-1-8(7-9(10)12(14,15)16)17-3-5-19-6-4-18-11(19)20/h1-2,7,17H,3-6H2,(H,18,20). The Labute approximate surface area is 118 Å². The molecule has 8 heteroatoms. The lowest BCUT2D eigenvalue weighted by molar-refractivity contribution is -0.137. The fraction of sp³-hybridized carbons (Fsp3) is 0.417. The SMILES string of the molecule is O=C1NCCN1CCNc1ccc(Cl)c(C(F)(F)F)c1. The Kier molecular flexibility index (Phi) is 4.27. The monoisotopic (exact) mass is 307 g/mol. The smallest absolute Gasteiger partial charge is 0.383 e. The molecule has 110 valence electrons. The second-order valence-corrected chi connectivity index (χ2v) is 4.75. The maximum absolute atomic E-state index is 12.7. The molecule has 0 radical (unpaired) electrons. The van der Waals surface area contributed by atoms with Gasteiger partial charge >= 0.3 is 12.2 Å². The molecule has 0 bridgehead atoms. The number of carbonyl (C=O) groups excluding carboxylic acids is 1. The van der Waals surface area contributed by atoms with Crippen LogP contribution in [0.25, 0.3) is 0 Å². The highest BCUT2D eigenvalue weighted by Crippen LogP contribution is 2.36. The van der Waals surface area contributed by atoms with Crippen molar-refractivity contribution in [1.82, 2.24) is 10.2 Å². The highest BCUT2D eigenvalue weighted by Gasteiger charge is 2.33. The molecule has 0 saturated carbocycles. The molecule has 2 N–H and O–H groups in total. The molecule has 1 aliphatic rings. The summed E-state index contributed by atoms with van der Waals surface area (Å²) in [4.78, 5) is 12.9. The maximum Gasteiger partial charge on any atom is 0.417 e.